The van der Waals surface area contributed by atoms with Crippen LogP contribution in [0.15, 0.2) is 6.33 Å². The molecule has 0 aliphatic rings. The first-order valence-electron chi connectivity index (χ1n) is 4.32. The van der Waals surface area contributed by atoms with Crippen molar-refractivity contribution in [1.82, 2.24) is 20.5 Å². The average molecular weight is 182 g/mol. The van der Waals surface area contributed by atoms with E-state index < -0.39 is 0 Å². The molecule has 5 heteroatoms. The van der Waals surface area contributed by atoms with Crippen molar-refractivity contribution in [2.24, 2.45) is 5.92 Å². The SMILES string of the molecule is CC(C)C(=O)NCCc1ncn[nH]1. The van der Waals surface area contributed by atoms with Gasteiger partial charge in [0.15, 0.2) is 0 Å². The van der Waals surface area contributed by atoms with Crippen molar-refractivity contribution in [1.29, 1.82) is 0 Å². The van der Waals surface area contributed by atoms with Gasteiger partial charge in [-0.3, -0.25) is 9.89 Å². The lowest BCUT2D eigenvalue weighted by atomic mass is 10.2. The zero-order chi connectivity index (χ0) is 9.68. The molecule has 0 atom stereocenters. The van der Waals surface area contributed by atoms with Gasteiger partial charge in [-0.2, -0.15) is 5.10 Å². The van der Waals surface area contributed by atoms with Gasteiger partial charge in [-0.05, 0) is 0 Å². The Morgan fingerprint density at radius 1 is 1.69 bits per heavy atom. The average Bonchev–Trinajstić information content (AvgIpc) is 2.56. The first-order valence-corrected chi connectivity index (χ1v) is 4.32. The van der Waals surface area contributed by atoms with E-state index in [-0.39, 0.29) is 11.8 Å². The van der Waals surface area contributed by atoms with E-state index in [4.69, 9.17) is 0 Å². The van der Waals surface area contributed by atoms with Crippen LogP contribution >= 0.6 is 0 Å². The Morgan fingerprint density at radius 2 is 2.46 bits per heavy atom. The second kappa shape index (κ2) is 4.59. The van der Waals surface area contributed by atoms with Crippen LogP contribution in [0.2, 0.25) is 0 Å². The van der Waals surface area contributed by atoms with E-state index in [2.05, 4.69) is 20.5 Å². The zero-order valence-corrected chi connectivity index (χ0v) is 7.87. The van der Waals surface area contributed by atoms with Crippen LogP contribution in [0.1, 0.15) is 19.7 Å². The van der Waals surface area contributed by atoms with Crippen LogP contribution in [-0.2, 0) is 11.2 Å². The summed E-state index contributed by atoms with van der Waals surface area (Å²) in [5.74, 6) is 0.901. The minimum atomic E-state index is 0.0368. The van der Waals surface area contributed by atoms with Gasteiger partial charge in [0.05, 0.1) is 0 Å². The highest BCUT2D eigenvalue weighted by Crippen LogP contribution is 1.91. The third-order valence-electron chi connectivity index (χ3n) is 1.65. The number of rotatable bonds is 4. The fraction of sp³-hybridized carbons (Fsp3) is 0.625. The minimum Gasteiger partial charge on any atom is -0.355 e. The number of nitrogens with one attached hydrogen (secondary N) is 2. The molecule has 0 saturated carbocycles. The van der Waals surface area contributed by atoms with Gasteiger partial charge in [-0.1, -0.05) is 13.8 Å². The second-order valence-corrected chi connectivity index (χ2v) is 3.13. The molecule has 1 aromatic rings. The molecule has 1 rings (SSSR count). The van der Waals surface area contributed by atoms with Crippen molar-refractivity contribution in [3.63, 3.8) is 0 Å². The first-order chi connectivity index (χ1) is 6.20. The molecule has 1 aromatic heterocycles. The van der Waals surface area contributed by atoms with Crippen molar-refractivity contribution in [3.05, 3.63) is 12.2 Å². The van der Waals surface area contributed by atoms with Gasteiger partial charge in [0.25, 0.3) is 0 Å². The van der Waals surface area contributed by atoms with Crippen LogP contribution in [0.3, 0.4) is 0 Å². The Bertz CT molecular complexity index is 255. The summed E-state index contributed by atoms with van der Waals surface area (Å²) in [6.07, 6.45) is 2.15. The summed E-state index contributed by atoms with van der Waals surface area (Å²) in [7, 11) is 0. The van der Waals surface area contributed by atoms with Crippen molar-refractivity contribution in [2.45, 2.75) is 20.3 Å². The standard InChI is InChI=1S/C8H14N4O/c1-6(2)8(13)9-4-3-7-10-5-11-12-7/h5-6H,3-4H2,1-2H3,(H,9,13)(H,10,11,12). The maximum absolute atomic E-state index is 11.1. The highest BCUT2D eigenvalue weighted by Gasteiger charge is 2.05. The molecule has 5 nitrogen and oxygen atoms in total. The summed E-state index contributed by atoms with van der Waals surface area (Å²) in [6.45, 7) is 4.33. The summed E-state index contributed by atoms with van der Waals surface area (Å²) in [5.41, 5.74) is 0. The topological polar surface area (TPSA) is 70.7 Å². The maximum Gasteiger partial charge on any atom is 0.222 e. The summed E-state index contributed by atoms with van der Waals surface area (Å²) in [6, 6.07) is 0. The number of hydrogen-bond donors (Lipinski definition) is 2. The van der Waals surface area contributed by atoms with Gasteiger partial charge in [-0.15, -0.1) is 0 Å². The molecule has 0 aromatic carbocycles. The van der Waals surface area contributed by atoms with Crippen LogP contribution in [0, 0.1) is 5.92 Å². The predicted molar refractivity (Wildman–Crippen MR) is 47.9 cm³/mol. The molecule has 0 spiro atoms. The van der Waals surface area contributed by atoms with Crippen molar-refractivity contribution in [3.8, 4) is 0 Å². The molecule has 13 heavy (non-hydrogen) atoms. The molecule has 1 amide bonds. The van der Waals surface area contributed by atoms with E-state index in [1.54, 1.807) is 0 Å². The second-order valence-electron chi connectivity index (χ2n) is 3.13. The molecular weight excluding hydrogens is 168 g/mol. The Balaban J connectivity index is 2.18. The summed E-state index contributed by atoms with van der Waals surface area (Å²) < 4.78 is 0. The monoisotopic (exact) mass is 182 g/mol. The van der Waals surface area contributed by atoms with E-state index in [9.17, 15) is 4.79 Å². The van der Waals surface area contributed by atoms with E-state index >= 15 is 0 Å². The van der Waals surface area contributed by atoms with Crippen LogP contribution in [0.25, 0.3) is 0 Å². The first kappa shape index (κ1) is 9.70. The smallest absolute Gasteiger partial charge is 0.222 e. The number of aromatic amines is 1. The van der Waals surface area contributed by atoms with Gasteiger partial charge in [0, 0.05) is 18.9 Å². The molecule has 0 saturated heterocycles. The van der Waals surface area contributed by atoms with Crippen molar-refractivity contribution >= 4 is 5.91 Å². The van der Waals surface area contributed by atoms with Crippen LogP contribution in [0.4, 0.5) is 0 Å². The van der Waals surface area contributed by atoms with E-state index in [0.717, 1.165) is 5.82 Å². The normalized spacial score (nSPS) is 10.4. The lowest BCUT2D eigenvalue weighted by Crippen LogP contribution is -2.29. The molecule has 0 fully saturated rings. The maximum atomic E-state index is 11.1. The third kappa shape index (κ3) is 3.23. The lowest BCUT2D eigenvalue weighted by molar-refractivity contribution is -0.123. The Morgan fingerprint density at radius 3 is 3.00 bits per heavy atom. The minimum absolute atomic E-state index is 0.0368. The van der Waals surface area contributed by atoms with Gasteiger partial charge in [-0.25, -0.2) is 4.98 Å². The third-order valence-corrected chi connectivity index (χ3v) is 1.65. The number of aromatic nitrogens is 3. The molecule has 0 aliphatic carbocycles. The molecule has 1 heterocycles. The summed E-state index contributed by atoms with van der Waals surface area (Å²) in [4.78, 5) is 15.1. The lowest BCUT2D eigenvalue weighted by Gasteiger charge is -2.05. The number of hydrogen-bond acceptors (Lipinski definition) is 3. The van der Waals surface area contributed by atoms with Crippen molar-refractivity contribution in [2.75, 3.05) is 6.54 Å². The molecule has 0 unspecified atom stereocenters. The molecular formula is C8H14N4O. The molecule has 0 bridgehead atoms. The molecule has 0 aliphatic heterocycles. The number of nitrogens with zero attached hydrogens (tertiary/aromatic N) is 2. The van der Waals surface area contributed by atoms with Gasteiger partial charge < -0.3 is 5.32 Å². The highest BCUT2D eigenvalue weighted by atomic mass is 16.1. The molecule has 2 N–H and O–H groups in total. The zero-order valence-electron chi connectivity index (χ0n) is 7.87. The van der Waals surface area contributed by atoms with E-state index in [1.165, 1.54) is 6.33 Å². The quantitative estimate of drug-likeness (QED) is 0.694. The number of carbonyl (C=O) groups is 1. The van der Waals surface area contributed by atoms with Crippen LogP contribution in [-0.4, -0.2) is 27.6 Å². The fourth-order valence-electron chi connectivity index (χ4n) is 0.859. The Kier molecular flexibility index (Phi) is 3.42. The van der Waals surface area contributed by atoms with Crippen LogP contribution in [0.5, 0.6) is 0 Å². The fourth-order valence-corrected chi connectivity index (χ4v) is 0.859. The number of H-pyrrole nitrogens is 1. The summed E-state index contributed by atoms with van der Waals surface area (Å²) in [5, 5.41) is 9.23. The Hall–Kier alpha value is -1.39. The summed E-state index contributed by atoms with van der Waals surface area (Å²) >= 11 is 0. The predicted octanol–water partition coefficient (Wildman–Crippen LogP) is 0.119. The van der Waals surface area contributed by atoms with Crippen molar-refractivity contribution < 1.29 is 4.79 Å². The van der Waals surface area contributed by atoms with Gasteiger partial charge in [0.1, 0.15) is 12.2 Å². The van der Waals surface area contributed by atoms with E-state index in [1.807, 2.05) is 13.8 Å². The van der Waals surface area contributed by atoms with Crippen LogP contribution < -0.4 is 5.32 Å². The molecule has 0 radical (unpaired) electrons. The van der Waals surface area contributed by atoms with Gasteiger partial charge in [0.2, 0.25) is 5.91 Å². The van der Waals surface area contributed by atoms with Gasteiger partial charge >= 0.3 is 0 Å². The largest absolute Gasteiger partial charge is 0.355 e. The Labute approximate surface area is 76.9 Å². The van der Waals surface area contributed by atoms with E-state index in [0.29, 0.717) is 13.0 Å². The molecule has 72 valence electrons. The number of amides is 1. The number of carbonyl (C=O) groups excluding carboxylic acids is 1. The highest BCUT2D eigenvalue weighted by molar-refractivity contribution is 5.77.